The lowest BCUT2D eigenvalue weighted by Crippen LogP contribution is -2.34. The maximum atomic E-state index is 14.3. The molecule has 1 aromatic heterocycles. The van der Waals surface area contributed by atoms with Crippen molar-refractivity contribution < 1.29 is 17.2 Å². The first kappa shape index (κ1) is 18.1. The molecule has 28 heavy (non-hydrogen) atoms. The lowest BCUT2D eigenvalue weighted by Gasteiger charge is -2.22. The number of hydrogen-bond acceptors (Lipinski definition) is 5. The Bertz CT molecular complexity index is 1180. The van der Waals surface area contributed by atoms with E-state index < -0.39 is 21.7 Å². The van der Waals surface area contributed by atoms with Crippen molar-refractivity contribution in [3.63, 3.8) is 0 Å². The minimum absolute atomic E-state index is 0.0255. The molecular weight excluding hydrogens is 386 g/mol. The van der Waals surface area contributed by atoms with Gasteiger partial charge in [-0.3, -0.25) is 4.98 Å². The van der Waals surface area contributed by atoms with Gasteiger partial charge in [0.05, 0.1) is 17.9 Å². The molecule has 3 aromatic rings. The SMILES string of the molecule is O=S1(=O)N=C(NCc2ccccn2)Nc2c(-c3cc(F)ccc3F)cccc21. The smallest absolute Gasteiger partial charge is 0.287 e. The number of nitrogens with one attached hydrogen (secondary N) is 2. The molecule has 0 bridgehead atoms. The van der Waals surface area contributed by atoms with Gasteiger partial charge in [0.15, 0.2) is 0 Å². The lowest BCUT2D eigenvalue weighted by atomic mass is 10.0. The number of para-hydroxylation sites is 1. The standard InChI is InChI=1S/C19H14F2N4O2S/c20-12-7-8-16(21)15(10-12)14-5-3-6-17-18(14)24-19(25-28(17,26)27)23-11-13-4-1-2-9-22-13/h1-10H,11H2,(H2,23,24,25). The molecule has 0 radical (unpaired) electrons. The molecule has 0 aliphatic carbocycles. The maximum absolute atomic E-state index is 14.3. The van der Waals surface area contributed by atoms with Crippen LogP contribution in [0.1, 0.15) is 5.69 Å². The van der Waals surface area contributed by atoms with Crippen LogP contribution in [0.3, 0.4) is 0 Å². The molecule has 0 unspecified atom stereocenters. The van der Waals surface area contributed by atoms with Crippen LogP contribution in [0, 0.1) is 11.6 Å². The van der Waals surface area contributed by atoms with E-state index in [-0.39, 0.29) is 34.2 Å². The average molecular weight is 400 g/mol. The Morgan fingerprint density at radius 1 is 1.00 bits per heavy atom. The van der Waals surface area contributed by atoms with E-state index >= 15 is 0 Å². The Morgan fingerprint density at radius 3 is 2.64 bits per heavy atom. The Morgan fingerprint density at radius 2 is 1.86 bits per heavy atom. The fourth-order valence-electron chi connectivity index (χ4n) is 2.87. The molecule has 9 heteroatoms. The van der Waals surface area contributed by atoms with Gasteiger partial charge in [-0.15, -0.1) is 4.40 Å². The molecule has 1 aliphatic rings. The van der Waals surface area contributed by atoms with Crippen molar-refractivity contribution in [1.29, 1.82) is 0 Å². The lowest BCUT2D eigenvalue weighted by molar-refractivity contribution is 0.597. The molecule has 1 aliphatic heterocycles. The summed E-state index contributed by atoms with van der Waals surface area (Å²) in [6, 6.07) is 12.7. The average Bonchev–Trinajstić information content (AvgIpc) is 2.68. The van der Waals surface area contributed by atoms with Gasteiger partial charge in [-0.1, -0.05) is 18.2 Å². The van der Waals surface area contributed by atoms with Gasteiger partial charge in [0.25, 0.3) is 10.0 Å². The van der Waals surface area contributed by atoms with Crippen LogP contribution in [0.4, 0.5) is 14.5 Å². The van der Waals surface area contributed by atoms with E-state index in [1.165, 1.54) is 18.2 Å². The third-order valence-electron chi connectivity index (χ3n) is 4.14. The van der Waals surface area contributed by atoms with Gasteiger partial charge in [0.2, 0.25) is 5.96 Å². The monoisotopic (exact) mass is 400 g/mol. The van der Waals surface area contributed by atoms with Gasteiger partial charge >= 0.3 is 0 Å². The Hall–Kier alpha value is -3.33. The number of fused-ring (bicyclic) bond motifs is 1. The van der Waals surface area contributed by atoms with Gasteiger partial charge in [-0.25, -0.2) is 8.78 Å². The molecule has 2 heterocycles. The number of halogens is 2. The number of aromatic nitrogens is 1. The number of anilines is 1. The van der Waals surface area contributed by atoms with Crippen molar-refractivity contribution in [2.75, 3.05) is 5.32 Å². The van der Waals surface area contributed by atoms with E-state index in [2.05, 4.69) is 20.0 Å². The van der Waals surface area contributed by atoms with Crippen molar-refractivity contribution in [3.05, 3.63) is 78.1 Å². The fourth-order valence-corrected chi connectivity index (χ4v) is 3.99. The largest absolute Gasteiger partial charge is 0.350 e. The molecule has 2 aromatic carbocycles. The zero-order valence-corrected chi connectivity index (χ0v) is 15.2. The number of nitrogens with zero attached hydrogens (tertiary/aromatic N) is 2. The van der Waals surface area contributed by atoms with Crippen LogP contribution in [0.5, 0.6) is 0 Å². The second kappa shape index (κ2) is 7.01. The Kier molecular flexibility index (Phi) is 4.52. The van der Waals surface area contributed by atoms with Crippen LogP contribution < -0.4 is 10.6 Å². The van der Waals surface area contributed by atoms with Gasteiger partial charge in [-0.05, 0) is 36.4 Å². The first-order valence-corrected chi connectivity index (χ1v) is 9.72. The Labute approximate surface area is 160 Å². The van der Waals surface area contributed by atoms with Crippen LogP contribution in [-0.4, -0.2) is 19.4 Å². The summed E-state index contributed by atoms with van der Waals surface area (Å²) in [7, 11) is -4.02. The number of benzene rings is 2. The molecule has 0 saturated carbocycles. The highest BCUT2D eigenvalue weighted by molar-refractivity contribution is 7.90. The van der Waals surface area contributed by atoms with Crippen LogP contribution >= 0.6 is 0 Å². The molecule has 0 saturated heterocycles. The molecule has 6 nitrogen and oxygen atoms in total. The molecule has 0 fully saturated rings. The summed E-state index contributed by atoms with van der Waals surface area (Å²) in [6.07, 6.45) is 1.62. The van der Waals surface area contributed by atoms with E-state index in [0.29, 0.717) is 5.69 Å². The van der Waals surface area contributed by atoms with Crippen LogP contribution in [0.25, 0.3) is 11.1 Å². The summed E-state index contributed by atoms with van der Waals surface area (Å²) in [4.78, 5) is 4.03. The zero-order chi connectivity index (χ0) is 19.7. The van der Waals surface area contributed by atoms with Crippen molar-refractivity contribution in [2.45, 2.75) is 11.4 Å². The molecule has 0 amide bonds. The predicted molar refractivity (Wildman–Crippen MR) is 101 cm³/mol. The molecular formula is C19H14F2N4O2S. The van der Waals surface area contributed by atoms with E-state index in [1.807, 2.05) is 0 Å². The van der Waals surface area contributed by atoms with Gasteiger partial charge in [-0.2, -0.15) is 8.42 Å². The highest BCUT2D eigenvalue weighted by Crippen LogP contribution is 2.37. The van der Waals surface area contributed by atoms with E-state index in [4.69, 9.17) is 0 Å². The van der Waals surface area contributed by atoms with E-state index in [0.717, 1.165) is 18.2 Å². The Balaban J connectivity index is 1.73. The minimum Gasteiger partial charge on any atom is -0.350 e. The number of pyridine rings is 1. The van der Waals surface area contributed by atoms with Crippen molar-refractivity contribution in [2.24, 2.45) is 4.40 Å². The van der Waals surface area contributed by atoms with Crippen LogP contribution in [0.15, 0.2) is 70.1 Å². The van der Waals surface area contributed by atoms with Gasteiger partial charge in [0.1, 0.15) is 16.5 Å². The van der Waals surface area contributed by atoms with E-state index in [9.17, 15) is 17.2 Å². The predicted octanol–water partition coefficient (Wildman–Crippen LogP) is 3.29. The topological polar surface area (TPSA) is 83.5 Å². The zero-order valence-electron chi connectivity index (χ0n) is 14.4. The van der Waals surface area contributed by atoms with Crippen LogP contribution in [-0.2, 0) is 16.6 Å². The number of sulfonamides is 1. The summed E-state index contributed by atoms with van der Waals surface area (Å²) < 4.78 is 56.8. The molecule has 2 N–H and O–H groups in total. The fraction of sp³-hybridized carbons (Fsp3) is 0.0526. The van der Waals surface area contributed by atoms with Gasteiger partial charge in [0, 0.05) is 17.3 Å². The summed E-state index contributed by atoms with van der Waals surface area (Å²) in [5.41, 5.74) is 0.973. The van der Waals surface area contributed by atoms with Crippen LogP contribution in [0.2, 0.25) is 0 Å². The summed E-state index contributed by atoms with van der Waals surface area (Å²) in [5, 5.41) is 5.75. The minimum atomic E-state index is -4.02. The second-order valence-electron chi connectivity index (χ2n) is 6.02. The maximum Gasteiger partial charge on any atom is 0.287 e. The third-order valence-corrected chi connectivity index (χ3v) is 5.46. The number of guanidine groups is 1. The van der Waals surface area contributed by atoms with Crippen molar-refractivity contribution >= 4 is 21.7 Å². The quantitative estimate of drug-likeness (QED) is 0.705. The molecule has 142 valence electrons. The highest BCUT2D eigenvalue weighted by atomic mass is 32.2. The summed E-state index contributed by atoms with van der Waals surface area (Å²) >= 11 is 0. The van der Waals surface area contributed by atoms with E-state index in [1.54, 1.807) is 24.4 Å². The highest BCUT2D eigenvalue weighted by Gasteiger charge is 2.28. The first-order valence-electron chi connectivity index (χ1n) is 8.28. The molecule has 4 rings (SSSR count). The van der Waals surface area contributed by atoms with Crippen molar-refractivity contribution in [3.8, 4) is 11.1 Å². The number of rotatable bonds is 3. The summed E-state index contributed by atoms with van der Waals surface area (Å²) in [5.74, 6) is -1.32. The first-order chi connectivity index (χ1) is 13.4. The number of hydrogen-bond donors (Lipinski definition) is 2. The van der Waals surface area contributed by atoms with Crippen molar-refractivity contribution in [1.82, 2.24) is 10.3 Å². The third kappa shape index (κ3) is 3.44. The second-order valence-corrected chi connectivity index (χ2v) is 7.59. The normalized spacial score (nSPS) is 14.6. The summed E-state index contributed by atoms with van der Waals surface area (Å²) in [6.45, 7) is 0.230. The van der Waals surface area contributed by atoms with Gasteiger partial charge < -0.3 is 10.6 Å². The molecule has 0 spiro atoms. The molecule has 0 atom stereocenters.